The Morgan fingerprint density at radius 3 is 2.44 bits per heavy atom. The van der Waals surface area contributed by atoms with Gasteiger partial charge in [-0.1, -0.05) is 19.6 Å². The number of alkyl halides is 3. The minimum Gasteiger partial charge on any atom is -0.494 e. The lowest BCUT2D eigenvalue weighted by atomic mass is 9.99. The monoisotopic (exact) mass is 708 g/mol. The van der Waals surface area contributed by atoms with Crippen molar-refractivity contribution < 1.29 is 17.9 Å². The molecule has 4 heterocycles. The van der Waals surface area contributed by atoms with Crippen LogP contribution in [-0.2, 0) is 6.42 Å². The average Bonchev–Trinajstić information content (AvgIpc) is 3.11. The van der Waals surface area contributed by atoms with Crippen LogP contribution >= 0.6 is 11.9 Å². The van der Waals surface area contributed by atoms with E-state index in [1.807, 2.05) is 0 Å². The third kappa shape index (κ3) is 8.00. The lowest BCUT2D eigenvalue weighted by molar-refractivity contribution is -0.0328. The van der Waals surface area contributed by atoms with Crippen molar-refractivity contribution in [3.63, 3.8) is 0 Å². The fraction of sp³-hybridized carbons (Fsp3) is 0.429. The van der Waals surface area contributed by atoms with E-state index in [4.69, 9.17) is 9.72 Å². The van der Waals surface area contributed by atoms with Gasteiger partial charge in [0.1, 0.15) is 17.1 Å². The van der Waals surface area contributed by atoms with Gasteiger partial charge in [0.25, 0.3) is 0 Å². The largest absolute Gasteiger partial charge is 0.494 e. The number of hydrogen-bond donors (Lipinski definition) is 2. The normalized spacial score (nSPS) is 16.4. The van der Waals surface area contributed by atoms with Crippen LogP contribution in [0.4, 0.5) is 47.7 Å². The van der Waals surface area contributed by atoms with Crippen LogP contribution in [0.5, 0.6) is 5.75 Å². The molecule has 0 unspecified atom stereocenters. The molecule has 0 saturated carbocycles. The van der Waals surface area contributed by atoms with Crippen molar-refractivity contribution in [3.8, 4) is 5.75 Å². The van der Waals surface area contributed by atoms with Gasteiger partial charge in [0.2, 0.25) is 5.95 Å². The molecule has 2 fully saturated rings. The van der Waals surface area contributed by atoms with Crippen LogP contribution in [0.25, 0.3) is 17.1 Å². The van der Waals surface area contributed by atoms with Crippen LogP contribution in [0.15, 0.2) is 49.4 Å². The summed E-state index contributed by atoms with van der Waals surface area (Å²) >= 11 is -0.271. The highest BCUT2D eigenvalue weighted by Gasteiger charge is 2.33. The predicted octanol–water partition coefficient (Wildman–Crippen LogP) is 6.94. The molecule has 0 amide bonds. The van der Waals surface area contributed by atoms with Gasteiger partial charge in [0, 0.05) is 88.3 Å². The van der Waals surface area contributed by atoms with Gasteiger partial charge in [-0.15, -0.1) is 0 Å². The highest BCUT2D eigenvalue weighted by molar-refractivity contribution is 8.01. The van der Waals surface area contributed by atoms with E-state index in [9.17, 15) is 13.2 Å². The number of aryl methyl sites for hydroxylation is 1. The lowest BCUT2D eigenvalue weighted by Crippen LogP contribution is -2.52. The Kier molecular flexibility index (Phi) is 10.8. The molecule has 0 atom stereocenters. The molecule has 6 rings (SSSR count). The molecule has 11 nitrogen and oxygen atoms in total. The number of likely N-dealkylation sites (N-methyl/N-ethyl adjacent to an activating group) is 1. The predicted molar refractivity (Wildman–Crippen MR) is 197 cm³/mol. The number of piperidine rings is 1. The van der Waals surface area contributed by atoms with E-state index in [0.29, 0.717) is 45.6 Å². The molecule has 50 heavy (non-hydrogen) atoms. The Morgan fingerprint density at radius 2 is 1.76 bits per heavy atom. The number of nitrogens with zero attached hydrogens (tertiary/aromatic N) is 8. The zero-order valence-electron chi connectivity index (χ0n) is 28.8. The van der Waals surface area contributed by atoms with Crippen molar-refractivity contribution in [1.82, 2.24) is 29.7 Å². The van der Waals surface area contributed by atoms with E-state index in [0.717, 1.165) is 62.8 Å². The number of aromatic nitrogens is 4. The molecule has 2 aliphatic heterocycles. The third-order valence-corrected chi connectivity index (χ3v) is 10.0. The van der Waals surface area contributed by atoms with Gasteiger partial charge in [0.05, 0.1) is 41.6 Å². The molecule has 2 aromatic heterocycles. The summed E-state index contributed by atoms with van der Waals surface area (Å²) in [5.41, 5.74) is 0.438. The topological polar surface area (TPSA) is 97.8 Å². The van der Waals surface area contributed by atoms with Gasteiger partial charge in [-0.3, -0.25) is 14.9 Å². The Morgan fingerprint density at radius 1 is 1.02 bits per heavy atom. The van der Waals surface area contributed by atoms with Crippen molar-refractivity contribution in [2.75, 3.05) is 80.3 Å². The van der Waals surface area contributed by atoms with Crippen LogP contribution in [0, 0.1) is 0 Å². The van der Waals surface area contributed by atoms with E-state index >= 15 is 0 Å². The van der Waals surface area contributed by atoms with Gasteiger partial charge >= 0.3 is 5.51 Å². The Hall–Kier alpha value is -4.34. The minimum atomic E-state index is -4.51. The molecule has 2 aromatic carbocycles. The van der Waals surface area contributed by atoms with E-state index in [-0.39, 0.29) is 23.6 Å². The summed E-state index contributed by atoms with van der Waals surface area (Å²) in [6, 6.07) is 8.15. The van der Waals surface area contributed by atoms with Gasteiger partial charge in [-0.2, -0.15) is 18.2 Å². The lowest BCUT2D eigenvalue weighted by Gasteiger charge is -2.43. The molecular formula is C35H43F3N10OS. The number of halogens is 3. The maximum atomic E-state index is 13.5. The van der Waals surface area contributed by atoms with Crippen molar-refractivity contribution in [2.45, 2.75) is 37.7 Å². The number of rotatable bonds is 11. The zero-order chi connectivity index (χ0) is 35.4. The number of nitrogens with one attached hydrogen (secondary N) is 2. The highest BCUT2D eigenvalue weighted by Crippen LogP contribution is 2.43. The number of methoxy groups -OCH3 is 1. The van der Waals surface area contributed by atoms with Crippen LogP contribution in [0.1, 0.15) is 30.9 Å². The first-order valence-corrected chi connectivity index (χ1v) is 17.5. The molecule has 266 valence electrons. The fourth-order valence-electron chi connectivity index (χ4n) is 6.71. The van der Waals surface area contributed by atoms with E-state index < -0.39 is 5.51 Å². The van der Waals surface area contributed by atoms with Crippen molar-refractivity contribution in [1.29, 1.82) is 0 Å². The fourth-order valence-corrected chi connectivity index (χ4v) is 7.30. The second-order valence-electron chi connectivity index (χ2n) is 12.5. The molecule has 2 N–H and O–H groups in total. The van der Waals surface area contributed by atoms with E-state index in [1.165, 1.54) is 30.7 Å². The van der Waals surface area contributed by atoms with Crippen molar-refractivity contribution in [2.24, 2.45) is 0 Å². The van der Waals surface area contributed by atoms with Crippen LogP contribution in [0.3, 0.4) is 0 Å². The van der Waals surface area contributed by atoms with Crippen molar-refractivity contribution >= 4 is 63.6 Å². The van der Waals surface area contributed by atoms with Gasteiger partial charge < -0.3 is 29.5 Å². The first-order valence-electron chi connectivity index (χ1n) is 16.7. The summed E-state index contributed by atoms with van der Waals surface area (Å²) in [4.78, 5) is 25.4. The summed E-state index contributed by atoms with van der Waals surface area (Å²) in [5.74, 6) is 1.28. The van der Waals surface area contributed by atoms with E-state index in [2.05, 4.69) is 73.0 Å². The van der Waals surface area contributed by atoms with Gasteiger partial charge in [-0.05, 0) is 50.1 Å². The first kappa shape index (κ1) is 35.5. The molecule has 2 saturated heterocycles. The Balaban J connectivity index is 1.25. The smallest absolute Gasteiger partial charge is 0.461 e. The maximum Gasteiger partial charge on any atom is 0.461 e. The SMILES string of the molecule is C=Cc1cnc(Nc2cc(CC)c(N3CCC(N4CCN(C)CC4)CC3)cc2OC)nc1Nc1ccc2nccnc2c1N(C)SC(F)(F)F. The number of benzene rings is 2. The summed E-state index contributed by atoms with van der Waals surface area (Å²) in [6.45, 7) is 12.5. The number of fused-ring (bicyclic) bond motifs is 1. The molecular weight excluding hydrogens is 666 g/mol. The molecule has 15 heteroatoms. The van der Waals surface area contributed by atoms with Crippen LogP contribution < -0.4 is 24.6 Å². The minimum absolute atomic E-state index is 0.207. The van der Waals surface area contributed by atoms with Crippen molar-refractivity contribution in [3.05, 3.63) is 60.6 Å². The molecule has 0 bridgehead atoms. The van der Waals surface area contributed by atoms with Gasteiger partial charge in [-0.25, -0.2) is 4.98 Å². The number of piperazine rings is 1. The average molecular weight is 709 g/mol. The highest BCUT2D eigenvalue weighted by atomic mass is 32.2. The van der Waals surface area contributed by atoms with Crippen LogP contribution in [0.2, 0.25) is 0 Å². The first-order chi connectivity index (χ1) is 24.1. The molecule has 0 spiro atoms. The summed E-state index contributed by atoms with van der Waals surface area (Å²) in [7, 11) is 5.17. The third-order valence-electron chi connectivity index (χ3n) is 9.35. The quantitative estimate of drug-likeness (QED) is 0.158. The maximum absolute atomic E-state index is 13.5. The second-order valence-corrected chi connectivity index (χ2v) is 13.7. The number of ether oxygens (including phenoxy) is 1. The Labute approximate surface area is 295 Å². The Bertz CT molecular complexity index is 1810. The summed E-state index contributed by atoms with van der Waals surface area (Å²) < 4.78 is 47.3. The summed E-state index contributed by atoms with van der Waals surface area (Å²) in [5, 5.41) is 6.53. The molecule has 2 aliphatic rings. The summed E-state index contributed by atoms with van der Waals surface area (Å²) in [6.07, 6.45) is 9.21. The number of hydrogen-bond acceptors (Lipinski definition) is 12. The van der Waals surface area contributed by atoms with Gasteiger partial charge in [0.15, 0.2) is 0 Å². The zero-order valence-corrected chi connectivity index (χ0v) is 29.6. The van der Waals surface area contributed by atoms with Crippen LogP contribution in [-0.4, -0.2) is 102 Å². The second kappa shape index (κ2) is 15.3. The molecule has 0 aliphatic carbocycles. The molecule has 4 aromatic rings. The molecule has 0 radical (unpaired) electrons. The number of anilines is 6. The van der Waals surface area contributed by atoms with E-state index in [1.54, 1.807) is 31.5 Å². The standard InChI is InChI=1S/C35H43F3N10OS/c1-6-23-20-28(30(49-5)21-29(23)48-14-10-25(11-15-48)47-18-16-45(3)17-19-47)43-34-41-22-24(7-2)33(44-34)42-27-9-8-26-31(40-13-12-39-26)32(27)46(4)50-35(36,37)38/h7-9,12-13,20-22,25H,2,6,10-11,14-19H2,1,3-5H3,(H2,41,42,43,44).